The first-order valence-corrected chi connectivity index (χ1v) is 12.6. The van der Waals surface area contributed by atoms with Crippen LogP contribution in [-0.2, 0) is 28.3 Å². The van der Waals surface area contributed by atoms with Gasteiger partial charge in [0.15, 0.2) is 10.9 Å². The molecular formula is C20H27N5O4S2. The highest BCUT2D eigenvalue weighted by molar-refractivity contribution is 7.99. The maximum atomic E-state index is 12.6. The maximum Gasteiger partial charge on any atom is 0.243 e. The van der Waals surface area contributed by atoms with Crippen molar-refractivity contribution < 1.29 is 18.0 Å². The summed E-state index contributed by atoms with van der Waals surface area (Å²) in [6.07, 6.45) is 3.19. The lowest BCUT2D eigenvalue weighted by atomic mass is 10.1. The quantitative estimate of drug-likeness (QED) is 0.322. The molecule has 1 saturated heterocycles. The van der Waals surface area contributed by atoms with Crippen molar-refractivity contribution in [1.29, 1.82) is 0 Å². The molecule has 1 aliphatic heterocycles. The maximum absolute atomic E-state index is 12.6. The van der Waals surface area contributed by atoms with Crippen LogP contribution in [0.3, 0.4) is 0 Å². The third-order valence-electron chi connectivity index (χ3n) is 5.09. The van der Waals surface area contributed by atoms with Crippen LogP contribution in [0.2, 0.25) is 0 Å². The Morgan fingerprint density at radius 2 is 1.81 bits per heavy atom. The van der Waals surface area contributed by atoms with Crippen LogP contribution in [0.25, 0.3) is 0 Å². The number of carbonyl (C=O) groups is 2. The van der Waals surface area contributed by atoms with Crippen molar-refractivity contribution in [3.8, 4) is 0 Å². The normalized spacial score (nSPS) is 14.6. The molecule has 31 heavy (non-hydrogen) atoms. The number of thioether (sulfide) groups is 1. The predicted molar refractivity (Wildman–Crippen MR) is 117 cm³/mol. The van der Waals surface area contributed by atoms with Crippen molar-refractivity contribution in [3.63, 3.8) is 0 Å². The molecule has 1 fully saturated rings. The monoisotopic (exact) mass is 465 g/mol. The number of sulfonamides is 1. The standard InChI is InChI=1S/C20H27N5O4S2/c1-15(26)21-11-5-6-19-22-23-20(24(19)2)30-14-18(27)16-7-9-17(10-8-16)31(28,29)25-12-3-4-13-25/h7-10H,3-6,11-14H2,1-2H3,(H,21,26). The van der Waals surface area contributed by atoms with E-state index in [1.165, 1.54) is 35.1 Å². The van der Waals surface area contributed by atoms with Gasteiger partial charge in [-0.3, -0.25) is 9.59 Å². The summed E-state index contributed by atoms with van der Waals surface area (Å²) in [6, 6.07) is 6.13. The van der Waals surface area contributed by atoms with Crippen LogP contribution >= 0.6 is 11.8 Å². The van der Waals surface area contributed by atoms with Crippen LogP contribution in [0.1, 0.15) is 42.4 Å². The Bertz CT molecular complexity index is 1030. The molecule has 11 heteroatoms. The van der Waals surface area contributed by atoms with Crippen LogP contribution in [-0.4, -0.2) is 64.6 Å². The highest BCUT2D eigenvalue weighted by Crippen LogP contribution is 2.22. The van der Waals surface area contributed by atoms with Gasteiger partial charge in [-0.05, 0) is 31.4 Å². The molecule has 0 bridgehead atoms. The van der Waals surface area contributed by atoms with Gasteiger partial charge in [-0.15, -0.1) is 10.2 Å². The molecule has 0 unspecified atom stereocenters. The summed E-state index contributed by atoms with van der Waals surface area (Å²) < 4.78 is 28.5. The number of hydrogen-bond acceptors (Lipinski definition) is 7. The summed E-state index contributed by atoms with van der Waals surface area (Å²) in [5.41, 5.74) is 0.463. The second-order valence-electron chi connectivity index (χ2n) is 7.39. The summed E-state index contributed by atoms with van der Waals surface area (Å²) in [5, 5.41) is 11.7. The van der Waals surface area contributed by atoms with Crippen LogP contribution in [0.15, 0.2) is 34.3 Å². The molecule has 0 saturated carbocycles. The highest BCUT2D eigenvalue weighted by atomic mass is 32.2. The first kappa shape index (κ1) is 23.4. The van der Waals surface area contributed by atoms with Gasteiger partial charge >= 0.3 is 0 Å². The lowest BCUT2D eigenvalue weighted by molar-refractivity contribution is -0.118. The van der Waals surface area contributed by atoms with Crippen molar-refractivity contribution in [3.05, 3.63) is 35.7 Å². The summed E-state index contributed by atoms with van der Waals surface area (Å²) in [5.74, 6) is 0.798. The topological polar surface area (TPSA) is 114 Å². The summed E-state index contributed by atoms with van der Waals surface area (Å²) >= 11 is 1.29. The lowest BCUT2D eigenvalue weighted by Crippen LogP contribution is -2.27. The van der Waals surface area contributed by atoms with Crippen molar-refractivity contribution in [2.75, 3.05) is 25.4 Å². The van der Waals surface area contributed by atoms with Gasteiger partial charge in [-0.1, -0.05) is 23.9 Å². The third-order valence-corrected chi connectivity index (χ3v) is 8.02. The minimum Gasteiger partial charge on any atom is -0.356 e. The van der Waals surface area contributed by atoms with Gasteiger partial charge in [0.1, 0.15) is 5.82 Å². The average Bonchev–Trinajstić information content (AvgIpc) is 3.41. The molecule has 2 heterocycles. The van der Waals surface area contributed by atoms with E-state index in [1.807, 2.05) is 11.6 Å². The van der Waals surface area contributed by atoms with Crippen molar-refractivity contribution in [2.24, 2.45) is 7.05 Å². The number of benzene rings is 1. The SMILES string of the molecule is CC(=O)NCCCc1nnc(SCC(=O)c2ccc(S(=O)(=O)N3CCCC3)cc2)n1C. The number of rotatable bonds is 10. The van der Waals surface area contributed by atoms with Gasteiger partial charge < -0.3 is 9.88 Å². The number of Topliss-reactive ketones (excluding diaryl/α,β-unsaturated/α-hetero) is 1. The first-order valence-electron chi connectivity index (χ1n) is 10.2. The summed E-state index contributed by atoms with van der Waals surface area (Å²) in [6.45, 7) is 3.15. The van der Waals surface area contributed by atoms with Crippen LogP contribution in [0.4, 0.5) is 0 Å². The molecule has 3 rings (SSSR count). The molecule has 1 aliphatic rings. The van der Waals surface area contributed by atoms with Gasteiger partial charge in [-0.25, -0.2) is 8.42 Å². The van der Waals surface area contributed by atoms with Crippen LogP contribution in [0.5, 0.6) is 0 Å². The fourth-order valence-corrected chi connectivity index (χ4v) is 5.64. The zero-order valence-electron chi connectivity index (χ0n) is 17.7. The van der Waals surface area contributed by atoms with E-state index in [0.29, 0.717) is 36.8 Å². The van der Waals surface area contributed by atoms with Gasteiger partial charge in [-0.2, -0.15) is 4.31 Å². The number of aromatic nitrogens is 3. The second-order valence-corrected chi connectivity index (χ2v) is 10.3. The fourth-order valence-electron chi connectivity index (χ4n) is 3.30. The third kappa shape index (κ3) is 5.92. The van der Waals surface area contributed by atoms with E-state index in [0.717, 1.165) is 25.1 Å². The Labute approximate surface area is 186 Å². The van der Waals surface area contributed by atoms with E-state index < -0.39 is 10.0 Å². The van der Waals surface area contributed by atoms with Crippen molar-refractivity contribution in [2.45, 2.75) is 42.7 Å². The number of aryl methyl sites for hydroxylation is 1. The highest BCUT2D eigenvalue weighted by Gasteiger charge is 2.27. The summed E-state index contributed by atoms with van der Waals surface area (Å²) in [4.78, 5) is 23.7. The number of carbonyl (C=O) groups excluding carboxylic acids is 2. The molecule has 1 aromatic carbocycles. The Kier molecular flexibility index (Phi) is 7.84. The minimum atomic E-state index is -3.48. The molecule has 0 atom stereocenters. The van der Waals surface area contributed by atoms with E-state index in [1.54, 1.807) is 12.1 Å². The Hall–Kier alpha value is -2.24. The van der Waals surface area contributed by atoms with Crippen LogP contribution in [0, 0.1) is 0 Å². The Morgan fingerprint density at radius 3 is 2.45 bits per heavy atom. The smallest absolute Gasteiger partial charge is 0.243 e. The molecule has 9 nitrogen and oxygen atoms in total. The molecule has 0 aliphatic carbocycles. The van der Waals surface area contributed by atoms with Gasteiger partial charge in [0.25, 0.3) is 0 Å². The number of nitrogens with zero attached hydrogens (tertiary/aromatic N) is 4. The molecule has 1 N–H and O–H groups in total. The van der Waals surface area contributed by atoms with Gasteiger partial charge in [0.2, 0.25) is 15.9 Å². The zero-order chi connectivity index (χ0) is 22.4. The molecule has 168 valence electrons. The van der Waals surface area contributed by atoms with Crippen molar-refractivity contribution in [1.82, 2.24) is 24.4 Å². The van der Waals surface area contributed by atoms with E-state index in [-0.39, 0.29) is 22.3 Å². The van der Waals surface area contributed by atoms with E-state index >= 15 is 0 Å². The number of amides is 1. The van der Waals surface area contributed by atoms with Gasteiger partial charge in [0.05, 0.1) is 10.6 Å². The largest absolute Gasteiger partial charge is 0.356 e. The minimum absolute atomic E-state index is 0.0607. The molecule has 1 amide bonds. The lowest BCUT2D eigenvalue weighted by Gasteiger charge is -2.15. The number of ketones is 1. The number of nitrogens with one attached hydrogen (secondary N) is 1. The van der Waals surface area contributed by atoms with E-state index in [9.17, 15) is 18.0 Å². The van der Waals surface area contributed by atoms with E-state index in [2.05, 4.69) is 15.5 Å². The average molecular weight is 466 g/mol. The Morgan fingerprint density at radius 1 is 1.13 bits per heavy atom. The Balaban J connectivity index is 1.54. The number of hydrogen-bond donors (Lipinski definition) is 1. The predicted octanol–water partition coefficient (Wildman–Crippen LogP) is 1.64. The van der Waals surface area contributed by atoms with Crippen molar-refractivity contribution >= 4 is 33.5 Å². The molecule has 1 aromatic heterocycles. The molecule has 0 radical (unpaired) electrons. The summed E-state index contributed by atoms with van der Waals surface area (Å²) in [7, 11) is -1.64. The second kappa shape index (κ2) is 10.4. The molecular weight excluding hydrogens is 438 g/mol. The first-order chi connectivity index (χ1) is 14.8. The zero-order valence-corrected chi connectivity index (χ0v) is 19.3. The fraction of sp³-hybridized carbons (Fsp3) is 0.500. The van der Waals surface area contributed by atoms with E-state index in [4.69, 9.17) is 0 Å². The van der Waals surface area contributed by atoms with Crippen LogP contribution < -0.4 is 5.32 Å². The molecule has 2 aromatic rings. The molecule has 0 spiro atoms. The van der Waals surface area contributed by atoms with Gasteiger partial charge in [0, 0.05) is 45.6 Å².